The van der Waals surface area contributed by atoms with Gasteiger partial charge in [0.05, 0.1) is 10.6 Å². The maximum atomic E-state index is 12.7. The third-order valence-electron chi connectivity index (χ3n) is 4.39. The number of hydrogen-bond acceptors (Lipinski definition) is 4. The van der Waals surface area contributed by atoms with E-state index in [2.05, 4.69) is 4.72 Å². The molecule has 24 heavy (non-hydrogen) atoms. The van der Waals surface area contributed by atoms with E-state index in [1.807, 2.05) is 6.92 Å². The summed E-state index contributed by atoms with van der Waals surface area (Å²) >= 11 is 0. The Kier molecular flexibility index (Phi) is 6.41. The highest BCUT2D eigenvalue weighted by molar-refractivity contribution is 7.89. The van der Waals surface area contributed by atoms with Crippen LogP contribution >= 0.6 is 0 Å². The van der Waals surface area contributed by atoms with Crippen molar-refractivity contribution in [1.82, 2.24) is 9.03 Å². The Morgan fingerprint density at radius 3 is 2.38 bits per heavy atom. The monoisotopic (exact) mass is 374 g/mol. The molecule has 1 unspecified atom stereocenters. The van der Waals surface area contributed by atoms with Crippen LogP contribution in [0, 0.1) is 0 Å². The number of sulfonamides is 2. The summed E-state index contributed by atoms with van der Waals surface area (Å²) in [5, 5.41) is 0. The second-order valence-corrected chi connectivity index (χ2v) is 10.1. The van der Waals surface area contributed by atoms with Crippen molar-refractivity contribution in [3.63, 3.8) is 0 Å². The maximum Gasteiger partial charge on any atom is 0.243 e. The zero-order valence-corrected chi connectivity index (χ0v) is 15.9. The average molecular weight is 375 g/mol. The highest BCUT2D eigenvalue weighted by atomic mass is 32.2. The summed E-state index contributed by atoms with van der Waals surface area (Å²) in [5.41, 5.74) is 0.902. The van der Waals surface area contributed by atoms with E-state index in [-0.39, 0.29) is 11.8 Å². The molecular weight excluding hydrogens is 348 g/mol. The van der Waals surface area contributed by atoms with E-state index in [0.717, 1.165) is 24.8 Å². The molecule has 1 fully saturated rings. The predicted molar refractivity (Wildman–Crippen MR) is 94.8 cm³/mol. The number of benzene rings is 1. The minimum atomic E-state index is -3.45. The zero-order chi connectivity index (χ0) is 17.8. The first-order valence-corrected chi connectivity index (χ1v) is 11.4. The molecule has 0 aromatic heterocycles. The van der Waals surface area contributed by atoms with E-state index in [1.165, 1.54) is 0 Å². The van der Waals surface area contributed by atoms with Gasteiger partial charge >= 0.3 is 0 Å². The summed E-state index contributed by atoms with van der Waals surface area (Å²) in [6, 6.07) is 6.76. The van der Waals surface area contributed by atoms with Crippen LogP contribution in [0.3, 0.4) is 0 Å². The van der Waals surface area contributed by atoms with Crippen LogP contribution in [-0.4, -0.2) is 46.0 Å². The van der Waals surface area contributed by atoms with Gasteiger partial charge in [-0.15, -0.1) is 0 Å². The molecule has 6 nitrogen and oxygen atoms in total. The lowest BCUT2D eigenvalue weighted by atomic mass is 10.1. The van der Waals surface area contributed by atoms with Gasteiger partial charge in [-0.1, -0.05) is 18.6 Å². The van der Waals surface area contributed by atoms with Gasteiger partial charge in [-0.3, -0.25) is 0 Å². The van der Waals surface area contributed by atoms with Gasteiger partial charge in [0.15, 0.2) is 0 Å². The van der Waals surface area contributed by atoms with E-state index < -0.39 is 20.0 Å². The zero-order valence-electron chi connectivity index (χ0n) is 14.2. The van der Waals surface area contributed by atoms with Gasteiger partial charge in [0.2, 0.25) is 20.0 Å². The summed E-state index contributed by atoms with van der Waals surface area (Å²) in [7, 11) is -6.65. The molecule has 8 heteroatoms. The quantitative estimate of drug-likeness (QED) is 0.788. The van der Waals surface area contributed by atoms with Crippen LogP contribution < -0.4 is 4.72 Å². The molecule has 1 aromatic carbocycles. The molecule has 136 valence electrons. The first-order valence-electron chi connectivity index (χ1n) is 8.34. The van der Waals surface area contributed by atoms with Crippen LogP contribution in [0.25, 0.3) is 0 Å². The second-order valence-electron chi connectivity index (χ2n) is 6.15. The molecule has 0 aliphatic carbocycles. The second kappa shape index (κ2) is 7.95. The van der Waals surface area contributed by atoms with Gasteiger partial charge in [0.1, 0.15) is 0 Å². The van der Waals surface area contributed by atoms with Gasteiger partial charge in [-0.2, -0.15) is 4.31 Å². The summed E-state index contributed by atoms with van der Waals surface area (Å²) in [5.74, 6) is 0.0538. The Morgan fingerprint density at radius 1 is 1.12 bits per heavy atom. The van der Waals surface area contributed by atoms with Crippen LogP contribution in [-0.2, 0) is 26.5 Å². The number of piperidine rings is 1. The minimum Gasteiger partial charge on any atom is -0.215 e. The fourth-order valence-corrected chi connectivity index (χ4v) is 5.16. The Labute approximate surface area is 145 Å². The first-order chi connectivity index (χ1) is 11.3. The van der Waals surface area contributed by atoms with E-state index in [4.69, 9.17) is 0 Å². The lowest BCUT2D eigenvalue weighted by molar-refractivity contribution is 0.268. The van der Waals surface area contributed by atoms with Crippen LogP contribution in [0.5, 0.6) is 0 Å². The summed E-state index contributed by atoms with van der Waals surface area (Å²) in [6.07, 6.45) is 3.40. The molecule has 0 spiro atoms. The van der Waals surface area contributed by atoms with Gasteiger partial charge in [-0.05, 0) is 50.8 Å². The topological polar surface area (TPSA) is 83.5 Å². The largest absolute Gasteiger partial charge is 0.243 e. The molecule has 0 radical (unpaired) electrons. The van der Waals surface area contributed by atoms with Crippen molar-refractivity contribution in [1.29, 1.82) is 0 Å². The maximum absolute atomic E-state index is 12.7. The fourth-order valence-electron chi connectivity index (χ4n) is 2.85. The van der Waals surface area contributed by atoms with Crippen LogP contribution in [0.2, 0.25) is 0 Å². The molecule has 0 amide bonds. The highest BCUT2D eigenvalue weighted by Crippen LogP contribution is 2.25. The van der Waals surface area contributed by atoms with E-state index >= 15 is 0 Å². The normalized spacial score (nSPS) is 20.2. The highest BCUT2D eigenvalue weighted by Gasteiger charge is 2.30. The SMILES string of the molecule is CCS(=O)(=O)NCCc1ccc(S(=O)(=O)N2CCCCC2C)cc1. The molecule has 1 aromatic rings. The fraction of sp³-hybridized carbons (Fsp3) is 0.625. The molecule has 1 heterocycles. The Morgan fingerprint density at radius 2 is 1.79 bits per heavy atom. The van der Waals surface area contributed by atoms with Crippen molar-refractivity contribution in [3.8, 4) is 0 Å². The third-order valence-corrected chi connectivity index (χ3v) is 7.82. The Hall–Kier alpha value is -0.960. The predicted octanol–water partition coefficient (Wildman–Crippen LogP) is 1.73. The lowest BCUT2D eigenvalue weighted by Crippen LogP contribution is -2.41. The lowest BCUT2D eigenvalue weighted by Gasteiger charge is -2.32. The van der Waals surface area contributed by atoms with Gasteiger partial charge in [-0.25, -0.2) is 21.6 Å². The summed E-state index contributed by atoms with van der Waals surface area (Å²) in [6.45, 7) is 4.42. The number of rotatable bonds is 7. The van der Waals surface area contributed by atoms with Crippen molar-refractivity contribution < 1.29 is 16.8 Å². The molecule has 0 saturated carbocycles. The van der Waals surface area contributed by atoms with Gasteiger partial charge < -0.3 is 0 Å². The van der Waals surface area contributed by atoms with Crippen molar-refractivity contribution in [2.75, 3.05) is 18.8 Å². The van der Waals surface area contributed by atoms with Crippen molar-refractivity contribution in [2.45, 2.75) is 50.5 Å². The van der Waals surface area contributed by atoms with Gasteiger partial charge in [0.25, 0.3) is 0 Å². The molecule has 1 aliphatic rings. The molecule has 1 atom stereocenters. The van der Waals surface area contributed by atoms with Crippen LogP contribution in [0.1, 0.15) is 38.7 Å². The summed E-state index contributed by atoms with van der Waals surface area (Å²) < 4.78 is 52.3. The van der Waals surface area contributed by atoms with E-state index in [1.54, 1.807) is 35.5 Å². The molecule has 2 rings (SSSR count). The van der Waals surface area contributed by atoms with Crippen molar-refractivity contribution >= 4 is 20.0 Å². The van der Waals surface area contributed by atoms with E-state index in [0.29, 0.717) is 24.4 Å². The molecule has 1 N–H and O–H groups in total. The number of hydrogen-bond donors (Lipinski definition) is 1. The average Bonchev–Trinajstić information content (AvgIpc) is 2.55. The first kappa shape index (κ1) is 19.4. The van der Waals surface area contributed by atoms with Crippen molar-refractivity contribution in [3.05, 3.63) is 29.8 Å². The Balaban J connectivity index is 2.03. The molecule has 1 aliphatic heterocycles. The van der Waals surface area contributed by atoms with Crippen molar-refractivity contribution in [2.24, 2.45) is 0 Å². The number of nitrogens with zero attached hydrogens (tertiary/aromatic N) is 1. The molecule has 0 bridgehead atoms. The third kappa shape index (κ3) is 4.78. The smallest absolute Gasteiger partial charge is 0.215 e. The standard InChI is InChI=1S/C16H26N2O4S2/c1-3-23(19,20)17-12-11-15-7-9-16(10-8-15)24(21,22)18-13-5-4-6-14(18)2/h7-10,14,17H,3-6,11-13H2,1-2H3. The summed E-state index contributed by atoms with van der Waals surface area (Å²) in [4.78, 5) is 0.300. The number of nitrogens with one attached hydrogen (secondary N) is 1. The van der Waals surface area contributed by atoms with E-state index in [9.17, 15) is 16.8 Å². The van der Waals surface area contributed by atoms with Gasteiger partial charge in [0, 0.05) is 19.1 Å². The minimum absolute atomic E-state index is 0.0341. The Bertz CT molecular complexity index is 743. The molecule has 1 saturated heterocycles. The van der Waals surface area contributed by atoms with Crippen LogP contribution in [0.4, 0.5) is 0 Å². The molecular formula is C16H26N2O4S2. The van der Waals surface area contributed by atoms with Crippen LogP contribution in [0.15, 0.2) is 29.2 Å².